The van der Waals surface area contributed by atoms with Gasteiger partial charge in [-0.1, -0.05) is 19.9 Å². The first kappa shape index (κ1) is 22.6. The Balaban J connectivity index is 0.00000126. The zero-order chi connectivity index (χ0) is 23.9. The van der Waals surface area contributed by atoms with Gasteiger partial charge < -0.3 is 15.0 Å². The van der Waals surface area contributed by atoms with E-state index in [1.54, 1.807) is 17.6 Å². The Morgan fingerprint density at radius 1 is 1.24 bits per heavy atom. The molecule has 1 amide bonds. The molecule has 8 heteroatoms. The number of aryl methyl sites for hydroxylation is 1. The predicted molar refractivity (Wildman–Crippen MR) is 123 cm³/mol. The lowest BCUT2D eigenvalue weighted by atomic mass is 9.81. The zero-order valence-electron chi connectivity index (χ0n) is 18.9. The van der Waals surface area contributed by atoms with Gasteiger partial charge in [0.2, 0.25) is 5.91 Å². The Labute approximate surface area is 190 Å². The molecule has 2 aromatic heterocycles. The number of aromatic nitrogens is 2. The van der Waals surface area contributed by atoms with Crippen LogP contribution in [0.2, 0.25) is 0 Å². The van der Waals surface area contributed by atoms with Gasteiger partial charge in [0, 0.05) is 29.5 Å². The normalized spacial score (nSPS) is 15.3. The maximum Gasteiger partial charge on any atom is 0.303 e. The summed E-state index contributed by atoms with van der Waals surface area (Å²) >= 11 is 0. The van der Waals surface area contributed by atoms with E-state index in [-0.39, 0.29) is 36.2 Å². The third kappa shape index (κ3) is 3.79. The second kappa shape index (κ2) is 8.77. The Bertz CT molecular complexity index is 1350. The van der Waals surface area contributed by atoms with Crippen LogP contribution in [0.3, 0.4) is 0 Å². The topological polar surface area (TPSA) is 101 Å². The number of pyridine rings is 2. The third-order valence-electron chi connectivity index (χ3n) is 6.29. The summed E-state index contributed by atoms with van der Waals surface area (Å²) in [6, 6.07) is 6.03. The molecule has 172 valence electrons. The second-order valence-electron chi connectivity index (χ2n) is 8.10. The van der Waals surface area contributed by atoms with Gasteiger partial charge in [-0.15, -0.1) is 0 Å². The Hall–Kier alpha value is -3.55. The minimum Gasteiger partial charge on any atom is -0.481 e. The van der Waals surface area contributed by atoms with E-state index < -0.39 is 5.97 Å². The summed E-state index contributed by atoms with van der Waals surface area (Å²) in [6.45, 7) is 6.08. The monoisotopic (exact) mass is 451 g/mol. The van der Waals surface area contributed by atoms with E-state index >= 15 is 0 Å². The van der Waals surface area contributed by atoms with Gasteiger partial charge in [-0.05, 0) is 42.5 Å². The number of rotatable bonds is 4. The van der Waals surface area contributed by atoms with E-state index in [9.17, 15) is 18.8 Å². The van der Waals surface area contributed by atoms with Gasteiger partial charge in [0.05, 0.1) is 35.9 Å². The van der Waals surface area contributed by atoms with Crippen molar-refractivity contribution in [1.82, 2.24) is 14.9 Å². The minimum absolute atomic E-state index is 0.114. The summed E-state index contributed by atoms with van der Waals surface area (Å²) in [6.07, 6.45) is 0.776. The van der Waals surface area contributed by atoms with Crippen molar-refractivity contribution in [3.63, 3.8) is 0 Å². The van der Waals surface area contributed by atoms with Crippen molar-refractivity contribution in [2.45, 2.75) is 59.0 Å². The van der Waals surface area contributed by atoms with E-state index in [0.29, 0.717) is 41.9 Å². The quantitative estimate of drug-likeness (QED) is 0.491. The fraction of sp³-hybridized carbons (Fsp3) is 0.360. The first-order valence-corrected chi connectivity index (χ1v) is 11.2. The van der Waals surface area contributed by atoms with Crippen LogP contribution in [0.25, 0.3) is 22.3 Å². The van der Waals surface area contributed by atoms with Gasteiger partial charge in [-0.25, -0.2) is 9.37 Å². The highest BCUT2D eigenvalue weighted by molar-refractivity contribution is 5.93. The number of hydrogen-bond acceptors (Lipinski definition) is 4. The Morgan fingerprint density at radius 3 is 2.73 bits per heavy atom. The smallest absolute Gasteiger partial charge is 0.303 e. The lowest BCUT2D eigenvalue weighted by Crippen LogP contribution is -2.32. The van der Waals surface area contributed by atoms with Crippen LogP contribution in [0.4, 0.5) is 4.39 Å². The first-order chi connectivity index (χ1) is 15.8. The van der Waals surface area contributed by atoms with Gasteiger partial charge in [-0.2, -0.15) is 0 Å². The number of nitrogens with one attached hydrogen (secondary N) is 1. The Morgan fingerprint density at radius 2 is 2.00 bits per heavy atom. The molecule has 1 aliphatic carbocycles. The summed E-state index contributed by atoms with van der Waals surface area (Å²) in [5.41, 5.74) is 4.81. The molecule has 1 atom stereocenters. The highest BCUT2D eigenvalue weighted by Crippen LogP contribution is 2.44. The molecule has 0 saturated heterocycles. The van der Waals surface area contributed by atoms with Crippen molar-refractivity contribution in [2.75, 3.05) is 0 Å². The number of carbonyl (C=O) groups is 2. The molecule has 0 bridgehead atoms. The van der Waals surface area contributed by atoms with Gasteiger partial charge >= 0.3 is 5.97 Å². The molecular weight excluding hydrogens is 425 g/mol. The van der Waals surface area contributed by atoms with Gasteiger partial charge in [0.25, 0.3) is 5.56 Å². The summed E-state index contributed by atoms with van der Waals surface area (Å²) in [4.78, 5) is 40.4. The second-order valence-corrected chi connectivity index (χ2v) is 8.10. The van der Waals surface area contributed by atoms with E-state index in [1.807, 2.05) is 19.9 Å². The molecule has 33 heavy (non-hydrogen) atoms. The van der Waals surface area contributed by atoms with Crippen LogP contribution in [0.5, 0.6) is 0 Å². The number of hydrogen-bond donors (Lipinski definition) is 2. The number of carbonyl (C=O) groups excluding carboxylic acids is 1. The molecule has 7 nitrogen and oxygen atoms in total. The molecule has 2 aliphatic rings. The standard InChI is InChI=1S/C23H20FN3O4.C2H6/c1-11-12-5-6-15(25-18(28)7-8-20(30)31)22-13-10-27-17(3-2-4-19(27)29)23(13)26-16(21(12)22)9-14(11)24;1-2/h2-4,9,15H,5-8,10H2,1H3,(H,25,28)(H,30,31);1-2H3. The lowest BCUT2D eigenvalue weighted by Gasteiger charge is -2.29. The summed E-state index contributed by atoms with van der Waals surface area (Å²) in [5, 5.41) is 12.7. The average molecular weight is 451 g/mol. The SMILES string of the molecule is CC.Cc1c(F)cc2nc3c(c4c2c1CCC4NC(=O)CCC(=O)O)Cn1c-3cccc1=O. The van der Waals surface area contributed by atoms with Crippen LogP contribution in [0.15, 0.2) is 29.1 Å². The average Bonchev–Trinajstić information content (AvgIpc) is 3.18. The van der Waals surface area contributed by atoms with Crippen molar-refractivity contribution in [3.05, 3.63) is 62.7 Å². The van der Waals surface area contributed by atoms with E-state index in [4.69, 9.17) is 10.1 Å². The van der Waals surface area contributed by atoms with Crippen LogP contribution in [-0.2, 0) is 22.6 Å². The third-order valence-corrected chi connectivity index (χ3v) is 6.29. The van der Waals surface area contributed by atoms with Crippen LogP contribution in [0.1, 0.15) is 61.4 Å². The van der Waals surface area contributed by atoms with Crippen molar-refractivity contribution in [1.29, 1.82) is 0 Å². The number of fused-ring (bicyclic) bond motifs is 4. The summed E-state index contributed by atoms with van der Waals surface area (Å²) in [5.74, 6) is -1.70. The summed E-state index contributed by atoms with van der Waals surface area (Å²) in [7, 11) is 0. The highest BCUT2D eigenvalue weighted by atomic mass is 19.1. The maximum atomic E-state index is 14.6. The number of aliphatic carboxylic acids is 1. The van der Waals surface area contributed by atoms with Gasteiger partial charge in [-0.3, -0.25) is 14.4 Å². The molecule has 1 unspecified atom stereocenters. The fourth-order valence-corrected chi connectivity index (χ4v) is 4.82. The highest BCUT2D eigenvalue weighted by Gasteiger charge is 2.33. The lowest BCUT2D eigenvalue weighted by molar-refractivity contribution is -0.138. The van der Waals surface area contributed by atoms with Gasteiger partial charge in [0.15, 0.2) is 0 Å². The molecule has 3 heterocycles. The van der Waals surface area contributed by atoms with Crippen molar-refractivity contribution < 1.29 is 19.1 Å². The number of halogens is 1. The molecule has 1 aliphatic heterocycles. The predicted octanol–water partition coefficient (Wildman–Crippen LogP) is 3.87. The van der Waals surface area contributed by atoms with Crippen LogP contribution in [-0.4, -0.2) is 26.5 Å². The Kier molecular flexibility index (Phi) is 6.01. The van der Waals surface area contributed by atoms with E-state index in [0.717, 1.165) is 22.1 Å². The number of carboxylic acid groups (broad SMARTS) is 1. The molecule has 2 N–H and O–H groups in total. The molecule has 1 aromatic carbocycles. The molecule has 0 saturated carbocycles. The van der Waals surface area contributed by atoms with Crippen molar-refractivity contribution >= 4 is 22.8 Å². The largest absolute Gasteiger partial charge is 0.481 e. The molecule has 0 spiro atoms. The first-order valence-electron chi connectivity index (χ1n) is 11.2. The van der Waals surface area contributed by atoms with Crippen molar-refractivity contribution in [3.8, 4) is 11.4 Å². The molecule has 5 rings (SSSR count). The molecule has 0 fully saturated rings. The number of benzene rings is 1. The summed E-state index contributed by atoms with van der Waals surface area (Å²) < 4.78 is 16.3. The van der Waals surface area contributed by atoms with Crippen LogP contribution >= 0.6 is 0 Å². The number of nitrogens with zero attached hydrogens (tertiary/aromatic N) is 2. The van der Waals surface area contributed by atoms with E-state index in [1.165, 1.54) is 12.1 Å². The molecule has 0 radical (unpaired) electrons. The molecule has 3 aromatic rings. The number of amides is 1. The van der Waals surface area contributed by atoms with Crippen molar-refractivity contribution in [2.24, 2.45) is 0 Å². The van der Waals surface area contributed by atoms with Gasteiger partial charge in [0.1, 0.15) is 5.82 Å². The van der Waals surface area contributed by atoms with Crippen LogP contribution in [0, 0.1) is 12.7 Å². The maximum absolute atomic E-state index is 14.6. The fourth-order valence-electron chi connectivity index (χ4n) is 4.82. The van der Waals surface area contributed by atoms with Crippen LogP contribution < -0.4 is 10.9 Å². The number of carboxylic acids is 1. The molecular formula is C25H26FN3O4. The minimum atomic E-state index is -1.03. The zero-order valence-corrected chi connectivity index (χ0v) is 18.9. The van der Waals surface area contributed by atoms with E-state index in [2.05, 4.69) is 5.32 Å².